The van der Waals surface area contributed by atoms with Crippen LogP contribution in [0.5, 0.6) is 0 Å². The molecule has 0 amide bonds. The molecule has 2 heteroatoms. The Morgan fingerprint density at radius 3 is 2.47 bits per heavy atom. The fourth-order valence-electron chi connectivity index (χ4n) is 3.96. The maximum atomic E-state index is 3.59. The molecule has 0 aromatic carbocycles. The van der Waals surface area contributed by atoms with Crippen LogP contribution in [0.4, 0.5) is 0 Å². The second kappa shape index (κ2) is 6.19. The van der Waals surface area contributed by atoms with Gasteiger partial charge in [0.1, 0.15) is 0 Å². The molecule has 17 heavy (non-hydrogen) atoms. The van der Waals surface area contributed by atoms with Gasteiger partial charge in [-0.2, -0.15) is 0 Å². The SMILES string of the molecule is CCC1CCC(C)N1CC(NC)C1CCCC1. The fraction of sp³-hybridized carbons (Fsp3) is 1.00. The van der Waals surface area contributed by atoms with Gasteiger partial charge in [-0.25, -0.2) is 0 Å². The first-order chi connectivity index (χ1) is 8.26. The van der Waals surface area contributed by atoms with Crippen molar-refractivity contribution in [3.63, 3.8) is 0 Å². The molecule has 2 nitrogen and oxygen atoms in total. The number of likely N-dealkylation sites (tertiary alicyclic amines) is 1. The molecule has 2 rings (SSSR count). The van der Waals surface area contributed by atoms with Crippen LogP contribution in [0.3, 0.4) is 0 Å². The van der Waals surface area contributed by atoms with Crippen molar-refractivity contribution in [2.45, 2.75) is 76.9 Å². The Balaban J connectivity index is 1.92. The molecule has 0 bridgehead atoms. The van der Waals surface area contributed by atoms with Crippen molar-refractivity contribution in [2.75, 3.05) is 13.6 Å². The quantitative estimate of drug-likeness (QED) is 0.792. The van der Waals surface area contributed by atoms with Crippen molar-refractivity contribution in [3.05, 3.63) is 0 Å². The standard InChI is InChI=1S/C15H30N2/c1-4-14-10-9-12(2)17(14)11-15(16-3)13-7-5-6-8-13/h12-16H,4-11H2,1-3H3. The Kier molecular flexibility index (Phi) is 4.87. The number of hydrogen-bond donors (Lipinski definition) is 1. The molecule has 3 atom stereocenters. The maximum Gasteiger partial charge on any atom is 0.0220 e. The van der Waals surface area contributed by atoms with Crippen LogP contribution in [0, 0.1) is 5.92 Å². The highest BCUT2D eigenvalue weighted by molar-refractivity contribution is 4.90. The highest BCUT2D eigenvalue weighted by Crippen LogP contribution is 2.31. The van der Waals surface area contributed by atoms with E-state index in [2.05, 4.69) is 31.1 Å². The van der Waals surface area contributed by atoms with Gasteiger partial charge < -0.3 is 5.32 Å². The normalized spacial score (nSPS) is 33.4. The van der Waals surface area contributed by atoms with E-state index in [1.807, 2.05) is 0 Å². The van der Waals surface area contributed by atoms with E-state index in [1.165, 1.54) is 51.5 Å². The number of hydrogen-bond acceptors (Lipinski definition) is 2. The first kappa shape index (κ1) is 13.4. The summed E-state index contributed by atoms with van der Waals surface area (Å²) in [6.45, 7) is 6.04. The average Bonchev–Trinajstić information content (AvgIpc) is 2.96. The summed E-state index contributed by atoms with van der Waals surface area (Å²) in [7, 11) is 2.16. The Labute approximate surface area is 107 Å². The molecule has 0 spiro atoms. The second-order valence-electron chi connectivity index (χ2n) is 6.12. The third kappa shape index (κ3) is 3.03. The number of rotatable bonds is 5. The van der Waals surface area contributed by atoms with E-state index in [1.54, 1.807) is 0 Å². The lowest BCUT2D eigenvalue weighted by atomic mass is 9.97. The first-order valence-corrected chi connectivity index (χ1v) is 7.69. The summed E-state index contributed by atoms with van der Waals surface area (Å²) in [4.78, 5) is 2.78. The van der Waals surface area contributed by atoms with Crippen molar-refractivity contribution >= 4 is 0 Å². The molecule has 2 aliphatic rings. The third-order valence-electron chi connectivity index (χ3n) is 5.17. The van der Waals surface area contributed by atoms with Crippen molar-refractivity contribution in [3.8, 4) is 0 Å². The lowest BCUT2D eigenvalue weighted by Crippen LogP contribution is -2.47. The summed E-state index contributed by atoms with van der Waals surface area (Å²) in [6, 6.07) is 2.38. The molecule has 1 heterocycles. The second-order valence-corrected chi connectivity index (χ2v) is 6.12. The van der Waals surface area contributed by atoms with Crippen LogP contribution in [0.25, 0.3) is 0 Å². The first-order valence-electron chi connectivity index (χ1n) is 7.69. The molecule has 1 saturated carbocycles. The smallest absolute Gasteiger partial charge is 0.0220 e. The summed E-state index contributed by atoms with van der Waals surface area (Å²) in [5.41, 5.74) is 0. The molecule has 0 aromatic rings. The van der Waals surface area contributed by atoms with Crippen LogP contribution in [0.2, 0.25) is 0 Å². The molecule has 0 radical (unpaired) electrons. The van der Waals surface area contributed by atoms with Crippen molar-refractivity contribution < 1.29 is 0 Å². The topological polar surface area (TPSA) is 15.3 Å². The number of likely N-dealkylation sites (N-methyl/N-ethyl adjacent to an activating group) is 1. The molecule has 2 fully saturated rings. The molecule has 0 aromatic heterocycles. The van der Waals surface area contributed by atoms with Crippen LogP contribution < -0.4 is 5.32 Å². The van der Waals surface area contributed by atoms with Gasteiger partial charge in [-0.15, -0.1) is 0 Å². The molecule has 100 valence electrons. The van der Waals surface area contributed by atoms with Gasteiger partial charge in [-0.1, -0.05) is 19.8 Å². The molecule has 1 aliphatic heterocycles. The van der Waals surface area contributed by atoms with Crippen molar-refractivity contribution in [2.24, 2.45) is 5.92 Å². The van der Waals surface area contributed by atoms with E-state index in [4.69, 9.17) is 0 Å². The van der Waals surface area contributed by atoms with Crippen LogP contribution in [0.1, 0.15) is 58.8 Å². The van der Waals surface area contributed by atoms with Gasteiger partial charge in [-0.05, 0) is 52.0 Å². The van der Waals surface area contributed by atoms with E-state index < -0.39 is 0 Å². The average molecular weight is 238 g/mol. The lowest BCUT2D eigenvalue weighted by Gasteiger charge is -2.34. The van der Waals surface area contributed by atoms with Gasteiger partial charge in [0, 0.05) is 24.7 Å². The van der Waals surface area contributed by atoms with Gasteiger partial charge in [0.2, 0.25) is 0 Å². The number of nitrogens with zero attached hydrogens (tertiary/aromatic N) is 1. The van der Waals surface area contributed by atoms with Crippen LogP contribution >= 0.6 is 0 Å². The van der Waals surface area contributed by atoms with Gasteiger partial charge in [-0.3, -0.25) is 4.90 Å². The third-order valence-corrected chi connectivity index (χ3v) is 5.17. The van der Waals surface area contributed by atoms with E-state index in [0.717, 1.165) is 24.0 Å². The van der Waals surface area contributed by atoms with Crippen molar-refractivity contribution in [1.29, 1.82) is 0 Å². The zero-order valence-electron chi connectivity index (χ0n) is 11.9. The molecular weight excluding hydrogens is 208 g/mol. The van der Waals surface area contributed by atoms with Gasteiger partial charge >= 0.3 is 0 Å². The predicted octanol–water partition coefficient (Wildman–Crippen LogP) is 3.03. The summed E-state index contributed by atoms with van der Waals surface area (Å²) in [5.74, 6) is 0.935. The van der Waals surface area contributed by atoms with E-state index in [0.29, 0.717) is 0 Å². The molecule has 1 aliphatic carbocycles. The molecule has 1 N–H and O–H groups in total. The van der Waals surface area contributed by atoms with Gasteiger partial charge in [0.05, 0.1) is 0 Å². The van der Waals surface area contributed by atoms with Crippen molar-refractivity contribution in [1.82, 2.24) is 10.2 Å². The molecule has 3 unspecified atom stereocenters. The summed E-state index contributed by atoms with van der Waals surface area (Å²) < 4.78 is 0. The Morgan fingerprint density at radius 1 is 1.18 bits per heavy atom. The lowest BCUT2D eigenvalue weighted by molar-refractivity contribution is 0.159. The molecule has 1 saturated heterocycles. The minimum absolute atomic E-state index is 0.729. The van der Waals surface area contributed by atoms with E-state index in [9.17, 15) is 0 Å². The zero-order chi connectivity index (χ0) is 12.3. The summed E-state index contributed by atoms with van der Waals surface area (Å²) in [5, 5.41) is 3.59. The Morgan fingerprint density at radius 2 is 1.88 bits per heavy atom. The maximum absolute atomic E-state index is 3.59. The zero-order valence-corrected chi connectivity index (χ0v) is 11.9. The highest BCUT2D eigenvalue weighted by Gasteiger charge is 2.33. The minimum atomic E-state index is 0.729. The summed E-state index contributed by atoms with van der Waals surface area (Å²) in [6.07, 6.45) is 9.95. The minimum Gasteiger partial charge on any atom is -0.315 e. The largest absolute Gasteiger partial charge is 0.315 e. The summed E-state index contributed by atoms with van der Waals surface area (Å²) >= 11 is 0. The number of nitrogens with one attached hydrogen (secondary N) is 1. The van der Waals surface area contributed by atoms with E-state index >= 15 is 0 Å². The highest BCUT2D eigenvalue weighted by atomic mass is 15.2. The van der Waals surface area contributed by atoms with Gasteiger partial charge in [0.25, 0.3) is 0 Å². The fourth-order valence-corrected chi connectivity index (χ4v) is 3.96. The van der Waals surface area contributed by atoms with Gasteiger partial charge in [0.15, 0.2) is 0 Å². The predicted molar refractivity (Wildman–Crippen MR) is 74.3 cm³/mol. The van der Waals surface area contributed by atoms with Crippen LogP contribution in [-0.2, 0) is 0 Å². The molecular formula is C15H30N2. The van der Waals surface area contributed by atoms with Crippen LogP contribution in [-0.4, -0.2) is 36.6 Å². The van der Waals surface area contributed by atoms with E-state index in [-0.39, 0.29) is 0 Å². The van der Waals surface area contributed by atoms with Crippen LogP contribution in [0.15, 0.2) is 0 Å². The monoisotopic (exact) mass is 238 g/mol. The Bertz CT molecular complexity index is 223. The Hall–Kier alpha value is -0.0800.